The fraction of sp³-hybridized carbons (Fsp3) is 0.143. The number of anilines is 1. The van der Waals surface area contributed by atoms with Crippen LogP contribution >= 0.6 is 0 Å². The first kappa shape index (κ1) is 18.9. The maximum atomic E-state index is 14.4. The van der Waals surface area contributed by atoms with Crippen LogP contribution in [0.15, 0.2) is 42.7 Å². The average molecular weight is 422 g/mol. The van der Waals surface area contributed by atoms with E-state index in [4.69, 9.17) is 4.74 Å². The van der Waals surface area contributed by atoms with Gasteiger partial charge in [-0.15, -0.1) is 0 Å². The van der Waals surface area contributed by atoms with Gasteiger partial charge in [0.1, 0.15) is 11.0 Å². The molecule has 1 amide bonds. The molecule has 3 aromatic heterocycles. The number of hydrogen-bond acceptors (Lipinski definition) is 6. The minimum absolute atomic E-state index is 0.0591. The van der Waals surface area contributed by atoms with Crippen LogP contribution in [0.3, 0.4) is 0 Å². The van der Waals surface area contributed by atoms with E-state index in [-0.39, 0.29) is 17.6 Å². The summed E-state index contributed by atoms with van der Waals surface area (Å²) in [5.74, 6) is -2.23. The van der Waals surface area contributed by atoms with Gasteiger partial charge in [0.2, 0.25) is 0 Å². The zero-order chi connectivity index (χ0) is 21.5. The number of nitrogens with one attached hydrogen (secondary N) is 2. The van der Waals surface area contributed by atoms with Gasteiger partial charge < -0.3 is 10.1 Å². The maximum Gasteiger partial charge on any atom is 0.316 e. The van der Waals surface area contributed by atoms with E-state index < -0.39 is 11.6 Å². The van der Waals surface area contributed by atoms with E-state index in [1.807, 2.05) is 0 Å². The lowest BCUT2D eigenvalue weighted by Crippen LogP contribution is -2.33. The summed E-state index contributed by atoms with van der Waals surface area (Å²) in [5, 5.41) is 2.80. The van der Waals surface area contributed by atoms with Crippen LogP contribution in [-0.4, -0.2) is 39.2 Å². The molecule has 31 heavy (non-hydrogen) atoms. The van der Waals surface area contributed by atoms with Gasteiger partial charge in [-0.3, -0.25) is 19.9 Å². The molecule has 0 spiro atoms. The number of carbonyl (C=O) groups excluding carboxylic acids is 1. The number of hydrogen-bond donors (Lipinski definition) is 2. The summed E-state index contributed by atoms with van der Waals surface area (Å²) < 4.78 is 34.9. The van der Waals surface area contributed by atoms with Crippen molar-refractivity contribution in [3.63, 3.8) is 0 Å². The molecule has 8 nitrogen and oxygen atoms in total. The van der Waals surface area contributed by atoms with E-state index in [9.17, 15) is 13.6 Å². The number of carbonyl (C=O) groups is 1. The van der Waals surface area contributed by atoms with Crippen molar-refractivity contribution in [3.8, 4) is 17.3 Å². The summed E-state index contributed by atoms with van der Waals surface area (Å²) in [4.78, 5) is 25.2. The Morgan fingerprint density at radius 3 is 2.90 bits per heavy atom. The van der Waals surface area contributed by atoms with Crippen LogP contribution in [0.4, 0.5) is 14.5 Å². The lowest BCUT2D eigenvalue weighted by Gasteiger charge is -2.20. The normalized spacial score (nSPS) is 13.1. The summed E-state index contributed by atoms with van der Waals surface area (Å²) in [7, 11) is 1.46. The van der Waals surface area contributed by atoms with Crippen LogP contribution in [0, 0.1) is 11.6 Å². The van der Waals surface area contributed by atoms with Crippen LogP contribution in [-0.2, 0) is 6.42 Å². The molecule has 0 aliphatic carbocycles. The summed E-state index contributed by atoms with van der Waals surface area (Å²) >= 11 is 0. The second-order valence-electron chi connectivity index (χ2n) is 6.89. The molecule has 10 heteroatoms. The molecule has 0 saturated carbocycles. The molecule has 0 bridgehead atoms. The van der Waals surface area contributed by atoms with Gasteiger partial charge in [-0.25, -0.2) is 13.8 Å². The second kappa shape index (κ2) is 7.31. The number of pyridine rings is 1. The predicted molar refractivity (Wildman–Crippen MR) is 109 cm³/mol. The molecule has 1 aliphatic rings. The number of ether oxygens (including phenoxy) is 1. The van der Waals surface area contributed by atoms with Crippen molar-refractivity contribution in [2.75, 3.05) is 19.1 Å². The molecule has 4 heterocycles. The Morgan fingerprint density at radius 1 is 1.19 bits per heavy atom. The maximum absolute atomic E-state index is 14.4. The van der Waals surface area contributed by atoms with Gasteiger partial charge in [0.25, 0.3) is 5.91 Å². The molecule has 156 valence electrons. The van der Waals surface area contributed by atoms with Crippen LogP contribution in [0.2, 0.25) is 0 Å². The number of methoxy groups -OCH3 is 1. The van der Waals surface area contributed by atoms with Crippen molar-refractivity contribution in [2.24, 2.45) is 0 Å². The third-order valence-electron chi connectivity index (χ3n) is 5.09. The number of rotatable bonds is 4. The molecule has 5 rings (SSSR count). The predicted octanol–water partition coefficient (Wildman–Crippen LogP) is 2.94. The highest BCUT2D eigenvalue weighted by atomic mass is 19.2. The Bertz CT molecular complexity index is 1340. The van der Waals surface area contributed by atoms with Crippen molar-refractivity contribution >= 4 is 22.6 Å². The first-order valence-corrected chi connectivity index (χ1v) is 9.47. The summed E-state index contributed by atoms with van der Waals surface area (Å²) in [6, 6.07) is 7.45. The first-order valence-electron chi connectivity index (χ1n) is 9.47. The minimum atomic E-state index is -1.01. The fourth-order valence-electron chi connectivity index (χ4n) is 3.65. The summed E-state index contributed by atoms with van der Waals surface area (Å²) in [6.07, 6.45) is 3.63. The molecule has 2 N–H and O–H groups in total. The summed E-state index contributed by atoms with van der Waals surface area (Å²) in [6.45, 7) is 0.426. The van der Waals surface area contributed by atoms with Gasteiger partial charge >= 0.3 is 6.01 Å². The Kier molecular flexibility index (Phi) is 4.46. The second-order valence-corrected chi connectivity index (χ2v) is 6.89. The van der Waals surface area contributed by atoms with Crippen LogP contribution < -0.4 is 15.5 Å². The minimum Gasteiger partial charge on any atom is -0.467 e. The molecule has 0 atom stereocenters. The van der Waals surface area contributed by atoms with Gasteiger partial charge in [0, 0.05) is 24.7 Å². The summed E-state index contributed by atoms with van der Waals surface area (Å²) in [5.41, 5.74) is 6.13. The molecule has 0 fully saturated rings. The van der Waals surface area contributed by atoms with Gasteiger partial charge in [-0.05, 0) is 24.3 Å². The molecule has 0 unspecified atom stereocenters. The molecule has 1 aliphatic heterocycles. The van der Waals surface area contributed by atoms with Gasteiger partial charge in [0.15, 0.2) is 11.6 Å². The third kappa shape index (κ3) is 3.12. The standard InChI is InChI=1S/C21H16F2N6O2/c1-31-21-26-10-15-19(27-21)11(5-7-24-15)17-9-12-16(6-8-25-20(12)30)29(17)28-14-4-2-3-13(22)18(14)23/h2-5,7,9-10,28H,6,8H2,1H3,(H,25,30). The molecule has 0 saturated heterocycles. The van der Waals surface area contributed by atoms with Crippen molar-refractivity contribution in [1.29, 1.82) is 0 Å². The first-order chi connectivity index (χ1) is 15.1. The number of fused-ring (bicyclic) bond motifs is 2. The topological polar surface area (TPSA) is 94.0 Å². The van der Waals surface area contributed by atoms with Crippen molar-refractivity contribution in [1.82, 2.24) is 24.9 Å². The van der Waals surface area contributed by atoms with E-state index in [0.29, 0.717) is 46.5 Å². The average Bonchev–Trinajstić information content (AvgIpc) is 3.15. The quantitative estimate of drug-likeness (QED) is 0.525. The molecule has 0 radical (unpaired) electrons. The van der Waals surface area contributed by atoms with Crippen molar-refractivity contribution in [3.05, 3.63) is 65.6 Å². The third-order valence-corrected chi connectivity index (χ3v) is 5.09. The lowest BCUT2D eigenvalue weighted by molar-refractivity contribution is 0.0945. The zero-order valence-corrected chi connectivity index (χ0v) is 16.3. The molecule has 4 aromatic rings. The Balaban J connectivity index is 1.75. The zero-order valence-electron chi connectivity index (χ0n) is 16.3. The fourth-order valence-corrected chi connectivity index (χ4v) is 3.65. The van der Waals surface area contributed by atoms with Crippen LogP contribution in [0.1, 0.15) is 16.1 Å². The monoisotopic (exact) mass is 422 g/mol. The number of nitrogens with zero attached hydrogens (tertiary/aromatic N) is 4. The van der Waals surface area contributed by atoms with Crippen LogP contribution in [0.5, 0.6) is 6.01 Å². The van der Waals surface area contributed by atoms with Gasteiger partial charge in [0.05, 0.1) is 35.9 Å². The highest BCUT2D eigenvalue weighted by Crippen LogP contribution is 2.32. The lowest BCUT2D eigenvalue weighted by atomic mass is 10.1. The van der Waals surface area contributed by atoms with E-state index >= 15 is 0 Å². The largest absolute Gasteiger partial charge is 0.467 e. The van der Waals surface area contributed by atoms with Gasteiger partial charge in [-0.1, -0.05) is 6.07 Å². The van der Waals surface area contributed by atoms with Crippen molar-refractivity contribution in [2.45, 2.75) is 6.42 Å². The van der Waals surface area contributed by atoms with E-state index in [1.54, 1.807) is 23.0 Å². The molecular formula is C21H16F2N6O2. The van der Waals surface area contributed by atoms with E-state index in [2.05, 4.69) is 25.7 Å². The van der Waals surface area contributed by atoms with Crippen LogP contribution in [0.25, 0.3) is 22.3 Å². The highest BCUT2D eigenvalue weighted by Gasteiger charge is 2.26. The number of amides is 1. The number of halogens is 2. The Hall–Kier alpha value is -4.08. The van der Waals surface area contributed by atoms with E-state index in [1.165, 1.54) is 25.4 Å². The highest BCUT2D eigenvalue weighted by molar-refractivity contribution is 5.99. The Labute approximate surface area is 174 Å². The molecule has 1 aromatic carbocycles. The smallest absolute Gasteiger partial charge is 0.316 e. The SMILES string of the molecule is COc1ncc2nccc(-c3cc4c(n3Nc3cccc(F)c3F)CCNC4=O)c2n1. The Morgan fingerprint density at radius 2 is 2.06 bits per heavy atom. The number of aromatic nitrogens is 4. The molecular weight excluding hydrogens is 406 g/mol. The van der Waals surface area contributed by atoms with Gasteiger partial charge in [-0.2, -0.15) is 4.98 Å². The van der Waals surface area contributed by atoms with E-state index in [0.717, 1.165) is 6.07 Å². The van der Waals surface area contributed by atoms with Crippen molar-refractivity contribution < 1.29 is 18.3 Å². The number of benzene rings is 1.